The second-order valence-electron chi connectivity index (χ2n) is 7.88. The topological polar surface area (TPSA) is 78.8 Å². The summed E-state index contributed by atoms with van der Waals surface area (Å²) >= 11 is 0. The van der Waals surface area contributed by atoms with Crippen molar-refractivity contribution in [2.45, 2.75) is 76.7 Å². The van der Waals surface area contributed by atoms with Crippen LogP contribution in [0.15, 0.2) is 24.3 Å². The van der Waals surface area contributed by atoms with Crippen LogP contribution in [0.4, 0.5) is 4.39 Å². The quantitative estimate of drug-likeness (QED) is 0.299. The maximum absolute atomic E-state index is 12.9. The van der Waals surface area contributed by atoms with Crippen molar-refractivity contribution in [3.05, 3.63) is 30.1 Å². The Morgan fingerprint density at radius 2 is 1.75 bits per heavy atom. The van der Waals surface area contributed by atoms with Crippen molar-refractivity contribution in [2.75, 3.05) is 6.61 Å². The predicted molar refractivity (Wildman–Crippen MR) is 106 cm³/mol. The molecule has 5 nitrogen and oxygen atoms in total. The summed E-state index contributed by atoms with van der Waals surface area (Å²) in [4.78, 5) is 10.5. The molecule has 0 aliphatic heterocycles. The third-order valence-electron chi connectivity index (χ3n) is 5.87. The van der Waals surface area contributed by atoms with Crippen LogP contribution in [0.2, 0.25) is 0 Å². The minimum absolute atomic E-state index is 0.176. The Balaban J connectivity index is 1.62. The molecule has 158 valence electrons. The molecular weight excluding hydrogens is 361 g/mol. The molecule has 1 aliphatic rings. The number of carboxylic acid groups (broad SMARTS) is 1. The second-order valence-corrected chi connectivity index (χ2v) is 7.88. The lowest BCUT2D eigenvalue weighted by Gasteiger charge is -2.24. The van der Waals surface area contributed by atoms with Crippen LogP contribution >= 0.6 is 0 Å². The average Bonchev–Trinajstić information content (AvgIpc) is 3.07. The number of aliphatic carboxylic acids is 1. The number of hydroxylamine groups is 1. The van der Waals surface area contributed by atoms with Crippen LogP contribution in [-0.2, 0) is 4.79 Å². The molecular formula is C22H34FNO4. The molecule has 1 fully saturated rings. The van der Waals surface area contributed by atoms with Crippen LogP contribution in [0.25, 0.3) is 0 Å². The molecule has 1 saturated carbocycles. The Labute approximate surface area is 167 Å². The molecule has 0 spiro atoms. The van der Waals surface area contributed by atoms with Gasteiger partial charge in [-0.2, -0.15) is 0 Å². The van der Waals surface area contributed by atoms with Gasteiger partial charge in [0.25, 0.3) is 0 Å². The van der Waals surface area contributed by atoms with E-state index >= 15 is 0 Å². The van der Waals surface area contributed by atoms with E-state index < -0.39 is 5.97 Å². The first-order valence-corrected chi connectivity index (χ1v) is 10.6. The zero-order chi connectivity index (χ0) is 20.2. The molecule has 0 heterocycles. The first-order valence-electron chi connectivity index (χ1n) is 10.6. The standard InChI is InChI=1S/C22H34FNO4/c23-18-11-13-19(14-12-18)28-16-6-5-8-20-17(10-15-21(20)24-27)7-3-1-2-4-9-22(25)26/h11-14,17,20-21,24,27H,1-10,15-16H2,(H,25,26)/t17-,20+,21?/m0/s1. The van der Waals surface area contributed by atoms with Gasteiger partial charge in [-0.3, -0.25) is 4.79 Å². The van der Waals surface area contributed by atoms with E-state index in [1.54, 1.807) is 12.1 Å². The Hall–Kier alpha value is -1.66. The van der Waals surface area contributed by atoms with Gasteiger partial charge < -0.3 is 15.1 Å². The summed E-state index contributed by atoms with van der Waals surface area (Å²) in [5.74, 6) is 0.829. The van der Waals surface area contributed by atoms with E-state index in [1.807, 2.05) is 0 Å². The summed E-state index contributed by atoms with van der Waals surface area (Å²) in [6.07, 6.45) is 10.6. The fraction of sp³-hybridized carbons (Fsp3) is 0.682. The van der Waals surface area contributed by atoms with Gasteiger partial charge in [0.15, 0.2) is 0 Å². The molecule has 0 bridgehead atoms. The zero-order valence-electron chi connectivity index (χ0n) is 16.6. The van der Waals surface area contributed by atoms with Gasteiger partial charge >= 0.3 is 5.97 Å². The van der Waals surface area contributed by atoms with Crippen molar-refractivity contribution in [1.82, 2.24) is 5.48 Å². The number of nitrogens with one attached hydrogen (secondary N) is 1. The van der Waals surface area contributed by atoms with Crippen LogP contribution in [0, 0.1) is 17.7 Å². The van der Waals surface area contributed by atoms with E-state index in [9.17, 15) is 14.4 Å². The number of ether oxygens (including phenoxy) is 1. The molecule has 1 unspecified atom stereocenters. The molecule has 1 aliphatic carbocycles. The molecule has 0 aromatic heterocycles. The van der Waals surface area contributed by atoms with E-state index in [0.29, 0.717) is 24.2 Å². The second kappa shape index (κ2) is 12.7. The van der Waals surface area contributed by atoms with Crippen LogP contribution in [0.5, 0.6) is 5.75 Å². The lowest BCUT2D eigenvalue weighted by Crippen LogP contribution is -2.31. The Kier molecular flexibility index (Phi) is 10.3. The van der Waals surface area contributed by atoms with E-state index in [4.69, 9.17) is 9.84 Å². The largest absolute Gasteiger partial charge is 0.494 e. The summed E-state index contributed by atoms with van der Waals surface area (Å²) in [7, 11) is 0. The molecule has 3 N–H and O–H groups in total. The highest BCUT2D eigenvalue weighted by Gasteiger charge is 2.34. The Morgan fingerprint density at radius 3 is 2.46 bits per heavy atom. The molecule has 28 heavy (non-hydrogen) atoms. The highest BCUT2D eigenvalue weighted by molar-refractivity contribution is 5.66. The van der Waals surface area contributed by atoms with Crippen molar-refractivity contribution in [3.63, 3.8) is 0 Å². The number of halogens is 1. The van der Waals surface area contributed by atoms with Crippen LogP contribution < -0.4 is 10.2 Å². The molecule has 1 aromatic carbocycles. The highest BCUT2D eigenvalue weighted by atomic mass is 19.1. The third kappa shape index (κ3) is 8.15. The molecule has 0 radical (unpaired) electrons. The summed E-state index contributed by atoms with van der Waals surface area (Å²) in [5.41, 5.74) is 2.51. The number of carboxylic acids is 1. The zero-order valence-corrected chi connectivity index (χ0v) is 16.6. The summed E-state index contributed by atoms with van der Waals surface area (Å²) in [6, 6.07) is 6.26. The van der Waals surface area contributed by atoms with Crippen molar-refractivity contribution in [3.8, 4) is 5.75 Å². The van der Waals surface area contributed by atoms with E-state index in [-0.39, 0.29) is 18.3 Å². The van der Waals surface area contributed by atoms with Gasteiger partial charge in [-0.1, -0.05) is 25.7 Å². The summed E-state index contributed by atoms with van der Waals surface area (Å²) in [6.45, 7) is 0.615. The van der Waals surface area contributed by atoms with Gasteiger partial charge in [0.2, 0.25) is 0 Å². The minimum atomic E-state index is -0.712. The summed E-state index contributed by atoms with van der Waals surface area (Å²) in [5, 5.41) is 18.1. The van der Waals surface area contributed by atoms with Crippen LogP contribution in [-0.4, -0.2) is 28.9 Å². The monoisotopic (exact) mass is 395 g/mol. The fourth-order valence-corrected chi connectivity index (χ4v) is 4.35. The Morgan fingerprint density at radius 1 is 1.04 bits per heavy atom. The molecule has 1 aromatic rings. The maximum Gasteiger partial charge on any atom is 0.303 e. The number of hydrogen-bond donors (Lipinski definition) is 3. The average molecular weight is 396 g/mol. The van der Waals surface area contributed by atoms with Crippen molar-refractivity contribution < 1.29 is 24.2 Å². The fourth-order valence-electron chi connectivity index (χ4n) is 4.35. The van der Waals surface area contributed by atoms with Gasteiger partial charge in [-0.25, -0.2) is 9.87 Å². The van der Waals surface area contributed by atoms with Crippen molar-refractivity contribution in [2.24, 2.45) is 11.8 Å². The van der Waals surface area contributed by atoms with Crippen LogP contribution in [0.3, 0.4) is 0 Å². The smallest absolute Gasteiger partial charge is 0.303 e. The summed E-state index contributed by atoms with van der Waals surface area (Å²) < 4.78 is 18.5. The van der Waals surface area contributed by atoms with Gasteiger partial charge in [-0.05, 0) is 74.6 Å². The van der Waals surface area contributed by atoms with Gasteiger partial charge in [0.1, 0.15) is 11.6 Å². The van der Waals surface area contributed by atoms with Gasteiger partial charge in [0, 0.05) is 12.5 Å². The van der Waals surface area contributed by atoms with Gasteiger partial charge in [-0.15, -0.1) is 0 Å². The number of rotatable bonds is 14. The van der Waals surface area contributed by atoms with Gasteiger partial charge in [0.05, 0.1) is 6.61 Å². The van der Waals surface area contributed by atoms with Crippen molar-refractivity contribution >= 4 is 5.97 Å². The highest BCUT2D eigenvalue weighted by Crippen LogP contribution is 2.38. The SMILES string of the molecule is O=C(O)CCCCCC[C@H]1CCC(NO)[C@@H]1CCCCOc1ccc(F)cc1. The van der Waals surface area contributed by atoms with E-state index in [1.165, 1.54) is 12.1 Å². The minimum Gasteiger partial charge on any atom is -0.494 e. The lowest BCUT2D eigenvalue weighted by atomic mass is 9.85. The van der Waals surface area contributed by atoms with Crippen LogP contribution in [0.1, 0.15) is 70.6 Å². The molecule has 2 rings (SSSR count). The molecule has 0 amide bonds. The molecule has 6 heteroatoms. The predicted octanol–water partition coefficient (Wildman–Crippen LogP) is 5.17. The maximum atomic E-state index is 12.9. The van der Waals surface area contributed by atoms with E-state index in [2.05, 4.69) is 5.48 Å². The van der Waals surface area contributed by atoms with Crippen molar-refractivity contribution in [1.29, 1.82) is 0 Å². The lowest BCUT2D eigenvalue weighted by molar-refractivity contribution is -0.137. The number of carbonyl (C=O) groups is 1. The number of hydrogen-bond acceptors (Lipinski definition) is 4. The first-order chi connectivity index (χ1) is 13.6. The third-order valence-corrected chi connectivity index (χ3v) is 5.87. The number of unbranched alkanes of at least 4 members (excludes halogenated alkanes) is 4. The molecule has 0 saturated heterocycles. The molecule has 3 atom stereocenters. The van der Waals surface area contributed by atoms with E-state index in [0.717, 1.165) is 64.2 Å². The number of benzene rings is 1. The Bertz CT molecular complexity index is 566. The first kappa shape index (κ1) is 22.6. The normalized spacial score (nSPS) is 21.7.